The largest absolute Gasteiger partial charge is 0.491 e. The highest BCUT2D eigenvalue weighted by molar-refractivity contribution is 5.85. The van der Waals surface area contributed by atoms with E-state index in [4.69, 9.17) is 9.47 Å². The van der Waals surface area contributed by atoms with E-state index in [1.165, 1.54) is 18.4 Å². The van der Waals surface area contributed by atoms with Crippen molar-refractivity contribution in [2.45, 2.75) is 39.2 Å². The van der Waals surface area contributed by atoms with Crippen LogP contribution in [0.15, 0.2) is 24.3 Å². The Morgan fingerprint density at radius 2 is 1.83 bits per heavy atom. The highest BCUT2D eigenvalue weighted by Crippen LogP contribution is 2.16. The van der Waals surface area contributed by atoms with Gasteiger partial charge in [-0.05, 0) is 56.0 Å². The molecule has 1 aromatic carbocycles. The van der Waals surface area contributed by atoms with E-state index in [9.17, 15) is 5.11 Å². The third kappa shape index (κ3) is 7.84. The first kappa shape index (κ1) is 21.2. The Morgan fingerprint density at radius 3 is 2.46 bits per heavy atom. The predicted molar refractivity (Wildman–Crippen MR) is 100 cm³/mol. The average Bonchev–Trinajstić information content (AvgIpc) is 2.57. The first-order valence-corrected chi connectivity index (χ1v) is 8.87. The summed E-state index contributed by atoms with van der Waals surface area (Å²) in [6.07, 6.45) is 3.10. The van der Waals surface area contributed by atoms with Gasteiger partial charge in [-0.25, -0.2) is 0 Å². The van der Waals surface area contributed by atoms with Gasteiger partial charge in [-0.15, -0.1) is 12.4 Å². The summed E-state index contributed by atoms with van der Waals surface area (Å²) in [7, 11) is 0. The van der Waals surface area contributed by atoms with Crippen molar-refractivity contribution >= 4 is 12.4 Å². The average molecular weight is 358 g/mol. The van der Waals surface area contributed by atoms with Crippen LogP contribution >= 0.6 is 12.4 Å². The van der Waals surface area contributed by atoms with E-state index < -0.39 is 6.10 Å². The lowest BCUT2D eigenvalue weighted by Gasteiger charge is -2.31. The van der Waals surface area contributed by atoms with Gasteiger partial charge in [0.15, 0.2) is 0 Å². The van der Waals surface area contributed by atoms with E-state index in [1.807, 2.05) is 12.1 Å². The number of benzene rings is 1. The Hall–Kier alpha value is -0.810. The molecule has 1 N–H and O–H groups in total. The molecule has 0 spiro atoms. The Morgan fingerprint density at radius 1 is 1.17 bits per heavy atom. The topological polar surface area (TPSA) is 41.9 Å². The van der Waals surface area contributed by atoms with Crippen LogP contribution < -0.4 is 4.74 Å². The van der Waals surface area contributed by atoms with Crippen LogP contribution in [0.25, 0.3) is 0 Å². The van der Waals surface area contributed by atoms with Crippen LogP contribution in [-0.4, -0.2) is 55.6 Å². The first-order chi connectivity index (χ1) is 11.2. The second-order valence-electron chi connectivity index (χ2n) is 6.56. The van der Waals surface area contributed by atoms with Crippen molar-refractivity contribution in [3.63, 3.8) is 0 Å². The zero-order chi connectivity index (χ0) is 16.5. The molecule has 24 heavy (non-hydrogen) atoms. The van der Waals surface area contributed by atoms with Crippen LogP contribution in [0.3, 0.4) is 0 Å². The minimum absolute atomic E-state index is 0. The molecule has 138 valence electrons. The summed E-state index contributed by atoms with van der Waals surface area (Å²) in [5.74, 6) is 1.69. The van der Waals surface area contributed by atoms with Crippen LogP contribution in [0.2, 0.25) is 0 Å². The molecule has 1 unspecified atom stereocenters. The molecule has 1 fully saturated rings. The number of β-amino-alcohol motifs (C(OH)–C–C–N with tert-alkyl or cyclic N) is 1. The zero-order valence-corrected chi connectivity index (χ0v) is 15.8. The van der Waals surface area contributed by atoms with Gasteiger partial charge >= 0.3 is 0 Å². The molecule has 0 aliphatic carbocycles. The van der Waals surface area contributed by atoms with E-state index in [1.54, 1.807) is 0 Å². The number of halogens is 1. The number of aryl methyl sites for hydroxylation is 1. The van der Waals surface area contributed by atoms with Gasteiger partial charge in [-0.1, -0.05) is 26.0 Å². The van der Waals surface area contributed by atoms with Crippen molar-refractivity contribution in [1.29, 1.82) is 0 Å². The molecule has 1 saturated heterocycles. The van der Waals surface area contributed by atoms with Crippen molar-refractivity contribution in [1.82, 2.24) is 4.90 Å². The Labute approximate surface area is 152 Å². The number of ether oxygens (including phenoxy) is 2. The molecule has 1 aliphatic heterocycles. The lowest BCUT2D eigenvalue weighted by molar-refractivity contribution is 0.00333. The van der Waals surface area contributed by atoms with Crippen LogP contribution in [0.4, 0.5) is 0 Å². The summed E-state index contributed by atoms with van der Waals surface area (Å²) in [6, 6.07) is 8.15. The highest BCUT2D eigenvalue weighted by Gasteiger charge is 2.18. The lowest BCUT2D eigenvalue weighted by Crippen LogP contribution is -2.40. The normalized spacial score (nSPS) is 17.3. The maximum Gasteiger partial charge on any atom is 0.119 e. The number of aliphatic hydroxyl groups excluding tert-OH is 1. The number of aliphatic hydroxyl groups is 1. The molecule has 2 rings (SSSR count). The number of hydrogen-bond donors (Lipinski definition) is 1. The van der Waals surface area contributed by atoms with Gasteiger partial charge in [0.1, 0.15) is 12.4 Å². The van der Waals surface area contributed by atoms with Gasteiger partial charge in [0.2, 0.25) is 0 Å². The van der Waals surface area contributed by atoms with Gasteiger partial charge in [0.25, 0.3) is 0 Å². The molecule has 0 aromatic heterocycles. The molecule has 0 bridgehead atoms. The number of rotatable bonds is 9. The summed E-state index contributed by atoms with van der Waals surface area (Å²) < 4.78 is 11.2. The minimum Gasteiger partial charge on any atom is -0.491 e. The molecule has 0 radical (unpaired) electrons. The Balaban J connectivity index is 0.00000288. The van der Waals surface area contributed by atoms with Crippen LogP contribution in [-0.2, 0) is 11.2 Å². The van der Waals surface area contributed by atoms with Crippen molar-refractivity contribution in [2.24, 2.45) is 5.92 Å². The fourth-order valence-corrected chi connectivity index (χ4v) is 2.85. The van der Waals surface area contributed by atoms with E-state index in [-0.39, 0.29) is 12.4 Å². The molecule has 1 aliphatic rings. The predicted octanol–water partition coefficient (Wildman–Crippen LogP) is 3.16. The van der Waals surface area contributed by atoms with Gasteiger partial charge in [-0.2, -0.15) is 0 Å². The van der Waals surface area contributed by atoms with E-state index in [0.717, 1.165) is 31.2 Å². The third-order valence-corrected chi connectivity index (χ3v) is 4.48. The summed E-state index contributed by atoms with van der Waals surface area (Å²) in [4.78, 5) is 2.33. The van der Waals surface area contributed by atoms with Gasteiger partial charge in [0.05, 0.1) is 19.3 Å². The number of hydrogen-bond acceptors (Lipinski definition) is 4. The molecule has 0 amide bonds. The molecule has 0 saturated carbocycles. The molecule has 5 heteroatoms. The fraction of sp³-hybridized carbons (Fsp3) is 0.684. The van der Waals surface area contributed by atoms with E-state index >= 15 is 0 Å². The highest BCUT2D eigenvalue weighted by atomic mass is 35.5. The van der Waals surface area contributed by atoms with Crippen LogP contribution in [0, 0.1) is 5.92 Å². The second kappa shape index (κ2) is 11.7. The number of nitrogens with zero attached hydrogens (tertiary/aromatic N) is 1. The Kier molecular flexibility index (Phi) is 10.3. The quantitative estimate of drug-likeness (QED) is 0.689. The maximum atomic E-state index is 10.0. The molecular formula is C19H32ClNO3. The van der Waals surface area contributed by atoms with Gasteiger partial charge in [0, 0.05) is 6.54 Å². The minimum atomic E-state index is -0.410. The molecule has 1 aromatic rings. The van der Waals surface area contributed by atoms with Gasteiger partial charge in [-0.3, -0.25) is 0 Å². The summed E-state index contributed by atoms with van der Waals surface area (Å²) in [5.41, 5.74) is 1.31. The number of piperidine rings is 1. The summed E-state index contributed by atoms with van der Waals surface area (Å²) in [6.45, 7) is 8.73. The zero-order valence-electron chi connectivity index (χ0n) is 14.9. The summed E-state index contributed by atoms with van der Waals surface area (Å²) >= 11 is 0. The van der Waals surface area contributed by atoms with E-state index in [0.29, 0.717) is 26.4 Å². The fourth-order valence-electron chi connectivity index (χ4n) is 2.85. The maximum absolute atomic E-state index is 10.0. The smallest absolute Gasteiger partial charge is 0.119 e. The van der Waals surface area contributed by atoms with Crippen molar-refractivity contribution in [3.8, 4) is 5.75 Å². The third-order valence-electron chi connectivity index (χ3n) is 4.48. The monoisotopic (exact) mass is 357 g/mol. The van der Waals surface area contributed by atoms with E-state index in [2.05, 4.69) is 30.9 Å². The molecular weight excluding hydrogens is 326 g/mol. The molecule has 1 heterocycles. The van der Waals surface area contributed by atoms with Crippen molar-refractivity contribution < 1.29 is 14.6 Å². The van der Waals surface area contributed by atoms with Crippen molar-refractivity contribution in [2.75, 3.05) is 39.5 Å². The second-order valence-corrected chi connectivity index (χ2v) is 6.56. The SMILES string of the molecule is CCc1ccc(OCCOCC(O)CN2CCC(C)CC2)cc1.Cl. The number of likely N-dealkylation sites (tertiary alicyclic amines) is 1. The Bertz CT molecular complexity index is 433. The van der Waals surface area contributed by atoms with Crippen LogP contribution in [0.5, 0.6) is 5.75 Å². The molecule has 1 atom stereocenters. The van der Waals surface area contributed by atoms with Crippen molar-refractivity contribution in [3.05, 3.63) is 29.8 Å². The first-order valence-electron chi connectivity index (χ1n) is 8.87. The van der Waals surface area contributed by atoms with Crippen LogP contribution in [0.1, 0.15) is 32.3 Å². The van der Waals surface area contributed by atoms with Gasteiger partial charge < -0.3 is 19.5 Å². The molecule has 4 nitrogen and oxygen atoms in total. The standard InChI is InChI=1S/C19H31NO3.ClH/c1-3-17-4-6-19(7-5-17)23-13-12-22-15-18(21)14-20-10-8-16(2)9-11-20;/h4-7,16,18,21H,3,8-15H2,1-2H3;1H. The lowest BCUT2D eigenvalue weighted by atomic mass is 9.99. The summed E-state index contributed by atoms with van der Waals surface area (Å²) in [5, 5.41) is 10.0.